The first kappa shape index (κ1) is 14.7. The van der Waals surface area contributed by atoms with E-state index < -0.39 is 15.1 Å². The second kappa shape index (κ2) is 7.17. The number of rotatable bonds is 6. The molecule has 0 heterocycles. The average molecular weight is 264 g/mol. The maximum absolute atomic E-state index is 12.4. The van der Waals surface area contributed by atoms with Crippen molar-refractivity contribution < 1.29 is 8.42 Å². The highest BCUT2D eigenvalue weighted by Gasteiger charge is 2.22. The third kappa shape index (κ3) is 3.84. The minimum absolute atomic E-state index is 0.372. The van der Waals surface area contributed by atoms with Gasteiger partial charge in [-0.05, 0) is 25.0 Å². The molecular formula is C15H20O2S. The van der Waals surface area contributed by atoms with Crippen molar-refractivity contribution >= 4 is 9.84 Å². The fourth-order valence-electron chi connectivity index (χ4n) is 1.58. The van der Waals surface area contributed by atoms with E-state index in [1.165, 1.54) is 0 Å². The highest BCUT2D eigenvalue weighted by Crippen LogP contribution is 2.18. The second-order valence-corrected chi connectivity index (χ2v) is 6.10. The first-order chi connectivity index (χ1) is 8.62. The fraction of sp³-hybridized carbons (Fsp3) is 0.333. The van der Waals surface area contributed by atoms with E-state index in [-0.39, 0.29) is 0 Å². The summed E-state index contributed by atoms with van der Waals surface area (Å²) in [7, 11) is -3.32. The van der Waals surface area contributed by atoms with Gasteiger partial charge in [-0.15, -0.1) is 0 Å². The van der Waals surface area contributed by atoms with Crippen LogP contribution in [-0.4, -0.2) is 13.7 Å². The van der Waals surface area contributed by atoms with Gasteiger partial charge in [-0.25, -0.2) is 8.42 Å². The van der Waals surface area contributed by atoms with Crippen molar-refractivity contribution in [3.8, 4) is 0 Å². The van der Waals surface area contributed by atoms with Crippen molar-refractivity contribution in [1.82, 2.24) is 0 Å². The minimum Gasteiger partial charge on any atom is -0.223 e. The molecule has 98 valence electrons. The molecule has 1 rings (SSSR count). The van der Waals surface area contributed by atoms with Gasteiger partial charge in [0, 0.05) is 0 Å². The van der Waals surface area contributed by atoms with Gasteiger partial charge >= 0.3 is 0 Å². The number of sulfone groups is 1. The Morgan fingerprint density at radius 2 is 1.50 bits per heavy atom. The standard InChI is InChI=1S/C15H20O2S/c1-3-5-10-14(11-6-4-2)18(16,17)15-12-8-7-9-13-15/h5-14H,3-4H2,1-2H3/b10-5+,11-6+. The van der Waals surface area contributed by atoms with E-state index in [4.69, 9.17) is 0 Å². The van der Waals surface area contributed by atoms with Crippen LogP contribution in [0.15, 0.2) is 59.5 Å². The van der Waals surface area contributed by atoms with Crippen LogP contribution in [0.4, 0.5) is 0 Å². The molecule has 0 aromatic heterocycles. The summed E-state index contributed by atoms with van der Waals surface area (Å²) in [5.74, 6) is 0. The third-order valence-electron chi connectivity index (χ3n) is 2.55. The lowest BCUT2D eigenvalue weighted by Gasteiger charge is -2.10. The van der Waals surface area contributed by atoms with Gasteiger partial charge in [-0.2, -0.15) is 0 Å². The molecule has 0 aliphatic carbocycles. The van der Waals surface area contributed by atoms with Gasteiger partial charge in [0.15, 0.2) is 9.84 Å². The largest absolute Gasteiger partial charge is 0.223 e. The molecule has 1 aromatic carbocycles. The van der Waals surface area contributed by atoms with Crippen molar-refractivity contribution in [3.05, 3.63) is 54.6 Å². The molecule has 1 aromatic rings. The highest BCUT2D eigenvalue weighted by molar-refractivity contribution is 7.92. The zero-order valence-corrected chi connectivity index (χ0v) is 11.7. The van der Waals surface area contributed by atoms with Gasteiger partial charge < -0.3 is 0 Å². The summed E-state index contributed by atoms with van der Waals surface area (Å²) < 4.78 is 24.9. The molecule has 18 heavy (non-hydrogen) atoms. The van der Waals surface area contributed by atoms with E-state index in [0.717, 1.165) is 12.8 Å². The Kier molecular flexibility index (Phi) is 5.86. The number of hydrogen-bond acceptors (Lipinski definition) is 2. The van der Waals surface area contributed by atoms with E-state index in [9.17, 15) is 8.42 Å². The Hall–Kier alpha value is -1.35. The monoisotopic (exact) mass is 264 g/mol. The smallest absolute Gasteiger partial charge is 0.188 e. The zero-order valence-electron chi connectivity index (χ0n) is 10.9. The molecule has 0 amide bonds. The van der Waals surface area contributed by atoms with Gasteiger partial charge in [0.2, 0.25) is 0 Å². The molecule has 0 aliphatic heterocycles. The zero-order chi connectivity index (χ0) is 13.4. The lowest BCUT2D eigenvalue weighted by atomic mass is 10.3. The molecule has 0 aliphatic rings. The molecule has 0 fully saturated rings. The maximum atomic E-state index is 12.4. The molecule has 0 bridgehead atoms. The van der Waals surface area contributed by atoms with Crippen molar-refractivity contribution in [1.29, 1.82) is 0 Å². The summed E-state index contributed by atoms with van der Waals surface area (Å²) in [6, 6.07) is 8.59. The van der Waals surface area contributed by atoms with Crippen molar-refractivity contribution in [2.45, 2.75) is 36.8 Å². The fourth-order valence-corrected chi connectivity index (χ4v) is 3.07. The van der Waals surface area contributed by atoms with Crippen molar-refractivity contribution in [3.63, 3.8) is 0 Å². The van der Waals surface area contributed by atoms with Crippen LogP contribution < -0.4 is 0 Å². The van der Waals surface area contributed by atoms with Crippen LogP contribution in [0.1, 0.15) is 26.7 Å². The van der Waals surface area contributed by atoms with E-state index in [1.54, 1.807) is 36.4 Å². The Bertz CT molecular complexity index is 485. The first-order valence-electron chi connectivity index (χ1n) is 6.25. The van der Waals surface area contributed by atoms with E-state index in [0.29, 0.717) is 4.90 Å². The van der Waals surface area contributed by atoms with E-state index in [1.807, 2.05) is 32.1 Å². The van der Waals surface area contributed by atoms with Crippen LogP contribution >= 0.6 is 0 Å². The molecule has 0 saturated carbocycles. The molecule has 0 atom stereocenters. The summed E-state index contributed by atoms with van der Waals surface area (Å²) in [5, 5.41) is -0.570. The van der Waals surface area contributed by atoms with Crippen LogP contribution in [0.2, 0.25) is 0 Å². The summed E-state index contributed by atoms with van der Waals surface area (Å²) in [4.78, 5) is 0.372. The van der Waals surface area contributed by atoms with Crippen LogP contribution in [0.5, 0.6) is 0 Å². The molecule has 0 saturated heterocycles. The molecular weight excluding hydrogens is 244 g/mol. The Morgan fingerprint density at radius 3 is 1.94 bits per heavy atom. The van der Waals surface area contributed by atoms with Crippen LogP contribution in [0.25, 0.3) is 0 Å². The normalized spacial score (nSPS) is 12.8. The van der Waals surface area contributed by atoms with Gasteiger partial charge in [-0.3, -0.25) is 0 Å². The molecule has 2 nitrogen and oxygen atoms in total. The average Bonchev–Trinajstić information content (AvgIpc) is 2.39. The Balaban J connectivity index is 3.11. The Morgan fingerprint density at radius 1 is 1.00 bits per heavy atom. The van der Waals surface area contributed by atoms with E-state index >= 15 is 0 Å². The van der Waals surface area contributed by atoms with Crippen molar-refractivity contribution in [2.75, 3.05) is 0 Å². The Labute approximate surface area is 110 Å². The van der Waals surface area contributed by atoms with Gasteiger partial charge in [0.05, 0.1) is 4.90 Å². The molecule has 3 heteroatoms. The summed E-state index contributed by atoms with van der Waals surface area (Å²) in [6.07, 6.45) is 8.97. The van der Waals surface area contributed by atoms with Gasteiger partial charge in [0.1, 0.15) is 5.25 Å². The quantitative estimate of drug-likeness (QED) is 0.733. The highest BCUT2D eigenvalue weighted by atomic mass is 32.2. The lowest BCUT2D eigenvalue weighted by Crippen LogP contribution is -2.16. The predicted octanol–water partition coefficient (Wildman–Crippen LogP) is 3.76. The second-order valence-electron chi connectivity index (χ2n) is 4.00. The lowest BCUT2D eigenvalue weighted by molar-refractivity contribution is 0.594. The molecule has 0 spiro atoms. The SMILES string of the molecule is CC/C=C/C(/C=C/CC)S(=O)(=O)c1ccccc1. The number of benzene rings is 1. The van der Waals surface area contributed by atoms with E-state index in [2.05, 4.69) is 0 Å². The summed E-state index contributed by atoms with van der Waals surface area (Å²) in [5.41, 5.74) is 0. The van der Waals surface area contributed by atoms with Crippen molar-refractivity contribution in [2.24, 2.45) is 0 Å². The molecule has 0 radical (unpaired) electrons. The van der Waals surface area contributed by atoms with Crippen LogP contribution in [0.3, 0.4) is 0 Å². The maximum Gasteiger partial charge on any atom is 0.188 e. The van der Waals surface area contributed by atoms with Crippen LogP contribution in [0, 0.1) is 0 Å². The van der Waals surface area contributed by atoms with Gasteiger partial charge in [-0.1, -0.05) is 56.4 Å². The topological polar surface area (TPSA) is 34.1 Å². The number of allylic oxidation sites excluding steroid dienone is 2. The van der Waals surface area contributed by atoms with Gasteiger partial charge in [0.25, 0.3) is 0 Å². The third-order valence-corrected chi connectivity index (χ3v) is 4.51. The molecule has 0 N–H and O–H groups in total. The minimum atomic E-state index is -3.32. The number of hydrogen-bond donors (Lipinski definition) is 0. The summed E-state index contributed by atoms with van der Waals surface area (Å²) >= 11 is 0. The first-order valence-corrected chi connectivity index (χ1v) is 7.79. The predicted molar refractivity (Wildman–Crippen MR) is 76.3 cm³/mol. The van der Waals surface area contributed by atoms with Crippen LogP contribution in [-0.2, 0) is 9.84 Å². The summed E-state index contributed by atoms with van der Waals surface area (Å²) in [6.45, 7) is 3.98. The molecule has 0 unspecified atom stereocenters.